The van der Waals surface area contributed by atoms with Crippen LogP contribution in [0.15, 0.2) is 24.3 Å². The Balaban J connectivity index is 2.15. The van der Waals surface area contributed by atoms with Crippen LogP contribution in [-0.2, 0) is 15.8 Å². The van der Waals surface area contributed by atoms with Crippen molar-refractivity contribution in [2.45, 2.75) is 18.2 Å². The van der Waals surface area contributed by atoms with Crippen molar-refractivity contribution in [3.8, 4) is 6.07 Å². The van der Waals surface area contributed by atoms with Crippen LogP contribution in [0, 0.1) is 11.3 Å². The highest BCUT2D eigenvalue weighted by Crippen LogP contribution is 2.21. The zero-order valence-electron chi connectivity index (χ0n) is 11.8. The molecule has 5 nitrogen and oxygen atoms in total. The van der Waals surface area contributed by atoms with Gasteiger partial charge in [-0.05, 0) is 32.1 Å². The minimum Gasteiger partial charge on any atom is -0.305 e. The summed E-state index contributed by atoms with van der Waals surface area (Å²) >= 11 is 0. The first-order chi connectivity index (χ1) is 9.44. The molecule has 0 radical (unpaired) electrons. The van der Waals surface area contributed by atoms with E-state index in [2.05, 4.69) is 4.90 Å². The van der Waals surface area contributed by atoms with E-state index >= 15 is 0 Å². The quantitative estimate of drug-likeness (QED) is 0.831. The van der Waals surface area contributed by atoms with Gasteiger partial charge in [0.25, 0.3) is 0 Å². The second-order valence-electron chi connectivity index (χ2n) is 5.29. The van der Waals surface area contributed by atoms with Crippen molar-refractivity contribution in [3.63, 3.8) is 0 Å². The third-order valence-electron chi connectivity index (χ3n) is 3.73. The van der Waals surface area contributed by atoms with Crippen LogP contribution in [0.4, 0.5) is 0 Å². The van der Waals surface area contributed by atoms with Gasteiger partial charge in [-0.2, -0.15) is 5.26 Å². The zero-order valence-corrected chi connectivity index (χ0v) is 12.6. The molecule has 0 N–H and O–H groups in total. The standard InChI is InChI=1S/C14H19N3O2S/c1-16(2)14-7-8-17(10-14)20(18,19)11-13-6-4-3-5-12(13)9-15/h3-6,14H,7-8,10-11H2,1-2H3. The molecule has 6 heteroatoms. The molecule has 1 aliphatic rings. The number of hydrogen-bond acceptors (Lipinski definition) is 4. The molecule has 108 valence electrons. The second-order valence-corrected chi connectivity index (χ2v) is 7.26. The van der Waals surface area contributed by atoms with E-state index in [1.807, 2.05) is 20.2 Å². The van der Waals surface area contributed by atoms with Gasteiger partial charge in [-0.3, -0.25) is 0 Å². The van der Waals surface area contributed by atoms with Gasteiger partial charge in [0.05, 0.1) is 17.4 Å². The molecule has 0 aliphatic carbocycles. The smallest absolute Gasteiger partial charge is 0.218 e. The Morgan fingerprint density at radius 3 is 2.70 bits per heavy atom. The van der Waals surface area contributed by atoms with Crippen LogP contribution >= 0.6 is 0 Å². The summed E-state index contributed by atoms with van der Waals surface area (Å²) in [7, 11) is 0.572. The van der Waals surface area contributed by atoms with Crippen molar-refractivity contribution in [1.82, 2.24) is 9.21 Å². The first-order valence-corrected chi connectivity index (χ1v) is 8.17. The van der Waals surface area contributed by atoms with Gasteiger partial charge >= 0.3 is 0 Å². The summed E-state index contributed by atoms with van der Waals surface area (Å²) in [6.45, 7) is 1.09. The summed E-state index contributed by atoms with van der Waals surface area (Å²) in [6, 6.07) is 9.18. The molecule has 0 aromatic heterocycles. The summed E-state index contributed by atoms with van der Waals surface area (Å²) < 4.78 is 26.4. The van der Waals surface area contributed by atoms with Gasteiger partial charge in [0, 0.05) is 19.1 Å². The number of hydrogen-bond donors (Lipinski definition) is 0. The van der Waals surface area contributed by atoms with Crippen LogP contribution in [0.2, 0.25) is 0 Å². The summed E-state index contributed by atoms with van der Waals surface area (Å²) in [5.41, 5.74) is 1.00. The lowest BCUT2D eigenvalue weighted by Gasteiger charge is -2.20. The van der Waals surface area contributed by atoms with Crippen LogP contribution in [0.1, 0.15) is 17.5 Å². The lowest BCUT2D eigenvalue weighted by atomic mass is 10.1. The molecule has 1 saturated heterocycles. The maximum atomic E-state index is 12.4. The van der Waals surface area contributed by atoms with Gasteiger partial charge in [-0.25, -0.2) is 12.7 Å². The topological polar surface area (TPSA) is 64.4 Å². The summed E-state index contributed by atoms with van der Waals surface area (Å²) in [4.78, 5) is 2.05. The zero-order chi connectivity index (χ0) is 14.8. The fourth-order valence-corrected chi connectivity index (χ4v) is 4.04. The number of nitrogens with zero attached hydrogens (tertiary/aromatic N) is 3. The number of likely N-dealkylation sites (N-methyl/N-ethyl adjacent to an activating group) is 1. The van der Waals surface area contributed by atoms with E-state index in [9.17, 15) is 8.42 Å². The van der Waals surface area contributed by atoms with Crippen molar-refractivity contribution < 1.29 is 8.42 Å². The van der Waals surface area contributed by atoms with Crippen LogP contribution in [-0.4, -0.2) is 50.8 Å². The molecule has 20 heavy (non-hydrogen) atoms. The van der Waals surface area contributed by atoms with Gasteiger partial charge in [-0.15, -0.1) is 0 Å². The highest BCUT2D eigenvalue weighted by Gasteiger charge is 2.32. The lowest BCUT2D eigenvalue weighted by molar-refractivity contribution is 0.302. The molecule has 0 bridgehead atoms. The highest BCUT2D eigenvalue weighted by molar-refractivity contribution is 7.88. The Labute approximate surface area is 120 Å². The predicted molar refractivity (Wildman–Crippen MR) is 77.4 cm³/mol. The minimum atomic E-state index is -3.36. The normalized spacial score (nSPS) is 20.2. The first kappa shape index (κ1) is 15.0. The monoisotopic (exact) mass is 293 g/mol. The van der Waals surface area contributed by atoms with Crippen LogP contribution < -0.4 is 0 Å². The average Bonchev–Trinajstić information content (AvgIpc) is 2.89. The van der Waals surface area contributed by atoms with Crippen LogP contribution in [0.5, 0.6) is 0 Å². The average molecular weight is 293 g/mol. The van der Waals surface area contributed by atoms with E-state index in [4.69, 9.17) is 5.26 Å². The molecular weight excluding hydrogens is 274 g/mol. The summed E-state index contributed by atoms with van der Waals surface area (Å²) in [5.74, 6) is -0.100. The molecule has 1 fully saturated rings. The van der Waals surface area contributed by atoms with Gasteiger partial charge in [0.15, 0.2) is 0 Å². The van der Waals surface area contributed by atoms with E-state index in [0.29, 0.717) is 24.2 Å². The third kappa shape index (κ3) is 3.18. The highest BCUT2D eigenvalue weighted by atomic mass is 32.2. The van der Waals surface area contributed by atoms with Gasteiger partial charge in [0.2, 0.25) is 10.0 Å². The molecule has 0 saturated carbocycles. The molecule has 1 unspecified atom stereocenters. The van der Waals surface area contributed by atoms with Crippen molar-refractivity contribution in [2.24, 2.45) is 0 Å². The van der Waals surface area contributed by atoms with Crippen molar-refractivity contribution in [2.75, 3.05) is 27.2 Å². The maximum Gasteiger partial charge on any atom is 0.218 e. The van der Waals surface area contributed by atoms with Gasteiger partial charge < -0.3 is 4.90 Å². The van der Waals surface area contributed by atoms with E-state index < -0.39 is 10.0 Å². The van der Waals surface area contributed by atoms with E-state index in [0.717, 1.165) is 6.42 Å². The largest absolute Gasteiger partial charge is 0.305 e. The predicted octanol–water partition coefficient (Wildman–Crippen LogP) is 1.02. The lowest BCUT2D eigenvalue weighted by Crippen LogP contribution is -2.35. The van der Waals surface area contributed by atoms with Crippen molar-refractivity contribution >= 4 is 10.0 Å². The first-order valence-electron chi connectivity index (χ1n) is 6.56. The molecular formula is C14H19N3O2S. The Morgan fingerprint density at radius 1 is 1.40 bits per heavy atom. The Hall–Kier alpha value is -1.42. The molecule has 1 aromatic carbocycles. The molecule has 1 atom stereocenters. The van der Waals surface area contributed by atoms with Gasteiger partial charge in [-0.1, -0.05) is 18.2 Å². The number of rotatable bonds is 4. The molecule has 1 heterocycles. The molecule has 0 amide bonds. The molecule has 2 rings (SSSR count). The second kappa shape index (κ2) is 5.92. The third-order valence-corrected chi connectivity index (χ3v) is 5.52. The summed E-state index contributed by atoms with van der Waals surface area (Å²) in [5, 5.41) is 9.03. The van der Waals surface area contributed by atoms with Crippen molar-refractivity contribution in [3.05, 3.63) is 35.4 Å². The van der Waals surface area contributed by atoms with E-state index in [1.165, 1.54) is 4.31 Å². The summed E-state index contributed by atoms with van der Waals surface area (Å²) in [6.07, 6.45) is 0.853. The fourth-order valence-electron chi connectivity index (χ4n) is 2.43. The number of benzene rings is 1. The van der Waals surface area contributed by atoms with Gasteiger partial charge in [0.1, 0.15) is 0 Å². The van der Waals surface area contributed by atoms with Crippen LogP contribution in [0.3, 0.4) is 0 Å². The fraction of sp³-hybridized carbons (Fsp3) is 0.500. The Bertz CT molecular complexity index is 620. The number of nitriles is 1. The SMILES string of the molecule is CN(C)C1CCN(S(=O)(=O)Cc2ccccc2C#N)C1. The van der Waals surface area contributed by atoms with Crippen molar-refractivity contribution in [1.29, 1.82) is 5.26 Å². The van der Waals surface area contributed by atoms with E-state index in [-0.39, 0.29) is 11.8 Å². The Kier molecular flexibility index (Phi) is 4.43. The maximum absolute atomic E-state index is 12.4. The molecule has 1 aliphatic heterocycles. The number of sulfonamides is 1. The minimum absolute atomic E-state index is 0.100. The van der Waals surface area contributed by atoms with Crippen LogP contribution in [0.25, 0.3) is 0 Å². The molecule has 1 aromatic rings. The Morgan fingerprint density at radius 2 is 2.10 bits per heavy atom. The van der Waals surface area contributed by atoms with E-state index in [1.54, 1.807) is 24.3 Å². The molecule has 0 spiro atoms.